The summed E-state index contributed by atoms with van der Waals surface area (Å²) >= 11 is 0. The molecule has 2 aliphatic heterocycles. The Balaban J connectivity index is 1.43. The Kier molecular flexibility index (Phi) is 13.6. The second-order valence-electron chi connectivity index (χ2n) is 18.7. The molecule has 4 fully saturated rings. The van der Waals surface area contributed by atoms with Gasteiger partial charge in [-0.05, 0) is 56.5 Å². The van der Waals surface area contributed by atoms with Crippen LogP contribution >= 0.6 is 0 Å². The lowest BCUT2D eigenvalue weighted by Crippen LogP contribution is -2.82. The van der Waals surface area contributed by atoms with E-state index in [2.05, 4.69) is 5.32 Å². The molecule has 0 aromatic heterocycles. The molecule has 3 aliphatic carbocycles. The van der Waals surface area contributed by atoms with E-state index in [4.69, 9.17) is 28.4 Å². The molecule has 2 aromatic rings. The van der Waals surface area contributed by atoms with Crippen LogP contribution in [0, 0.1) is 16.7 Å². The van der Waals surface area contributed by atoms with Gasteiger partial charge in [-0.1, -0.05) is 68.5 Å². The Labute approximate surface area is 381 Å². The molecular formula is C48H59NO17. The topological polar surface area (TPSA) is 274 Å². The summed E-state index contributed by atoms with van der Waals surface area (Å²) in [7, 11) is 0. The number of hydrogen-bond acceptors (Lipinski definition) is 17. The molecule has 1 amide bonds. The fraction of sp³-hybridized carbons (Fsp3) is 0.562. The first-order chi connectivity index (χ1) is 31.0. The van der Waals surface area contributed by atoms with Gasteiger partial charge in [-0.3, -0.25) is 14.4 Å². The van der Waals surface area contributed by atoms with Crippen molar-refractivity contribution in [3.63, 3.8) is 0 Å². The van der Waals surface area contributed by atoms with Gasteiger partial charge in [0.1, 0.15) is 48.3 Å². The summed E-state index contributed by atoms with van der Waals surface area (Å²) in [5, 5.41) is 72.8. The number of amides is 1. The van der Waals surface area contributed by atoms with Crippen LogP contribution in [0.1, 0.15) is 83.3 Å². The van der Waals surface area contributed by atoms with Crippen molar-refractivity contribution in [3.05, 3.63) is 94.6 Å². The number of benzene rings is 2. The van der Waals surface area contributed by atoms with E-state index in [1.807, 2.05) is 0 Å². The van der Waals surface area contributed by atoms with Crippen molar-refractivity contribution in [2.75, 3.05) is 13.2 Å². The van der Waals surface area contributed by atoms with Crippen LogP contribution in [-0.2, 0) is 47.6 Å². The molecule has 18 heteroatoms. The first kappa shape index (κ1) is 49.0. The molecule has 2 unspecified atom stereocenters. The molecule has 0 spiro atoms. The molecule has 358 valence electrons. The van der Waals surface area contributed by atoms with Crippen molar-refractivity contribution in [1.82, 2.24) is 5.32 Å². The Morgan fingerprint density at radius 2 is 1.55 bits per heavy atom. The highest BCUT2D eigenvalue weighted by Gasteiger charge is 2.78. The number of allylic oxidation sites excluding steroid dienone is 1. The summed E-state index contributed by atoms with van der Waals surface area (Å²) in [5.74, 6) is -6.19. The number of fused-ring (bicyclic) bond motifs is 5. The molecule has 5 aliphatic rings. The van der Waals surface area contributed by atoms with Gasteiger partial charge in [0.05, 0.1) is 42.3 Å². The monoisotopic (exact) mass is 921 g/mol. The number of Topliss-reactive ketones (excluding diaryl/α,β-unsaturated/α-hetero) is 1. The number of nitrogens with one attached hydrogen (secondary N) is 1. The molecule has 2 saturated heterocycles. The number of esters is 3. The average Bonchev–Trinajstić information content (AvgIpc) is 3.28. The van der Waals surface area contributed by atoms with E-state index in [1.54, 1.807) is 68.5 Å². The lowest BCUT2D eigenvalue weighted by Gasteiger charge is -2.67. The van der Waals surface area contributed by atoms with Crippen LogP contribution in [0.3, 0.4) is 0 Å². The van der Waals surface area contributed by atoms with Crippen LogP contribution < -0.4 is 5.32 Å². The van der Waals surface area contributed by atoms with Crippen molar-refractivity contribution in [2.24, 2.45) is 16.7 Å². The standard InChI is InChI=1S/C48H59NO17/c1-8-23(2)41(57)49-33(26-15-11-9-12-16-26)35(54)43(59)63-29-20-48(60)40(65-42(58)27-17-13-10-14-18-27)38-46(7,30(52)19-31-47(38,22-62-31)66-25(4)50)39(56)37(32(24(29)3)45(48,5)6)64-44-36(55)34(53)28(51)21-61-44/h8-18,28-31,33-38,40,44,51-55,60H,19-22H2,1-7H3,(H,49,57)/b23-8+/t28-,29+,30+,31-,33?,34+,35-,36-,37-,38+,40+,44?,46-,47+,48-/m1/s1. The summed E-state index contributed by atoms with van der Waals surface area (Å²) < 4.78 is 36.6. The van der Waals surface area contributed by atoms with E-state index in [-0.39, 0.29) is 29.7 Å². The van der Waals surface area contributed by atoms with Crippen molar-refractivity contribution in [2.45, 2.75) is 140 Å². The van der Waals surface area contributed by atoms with Crippen LogP contribution in [0.25, 0.3) is 0 Å². The number of carbonyl (C=O) groups excluding carboxylic acids is 5. The number of rotatable bonds is 11. The van der Waals surface area contributed by atoms with E-state index >= 15 is 4.79 Å². The van der Waals surface area contributed by atoms with Crippen molar-refractivity contribution in [1.29, 1.82) is 0 Å². The van der Waals surface area contributed by atoms with E-state index in [9.17, 15) is 49.8 Å². The van der Waals surface area contributed by atoms with Gasteiger partial charge >= 0.3 is 17.9 Å². The van der Waals surface area contributed by atoms with Crippen LogP contribution in [0.4, 0.5) is 0 Å². The molecule has 0 radical (unpaired) electrons. The zero-order valence-corrected chi connectivity index (χ0v) is 37.8. The minimum absolute atomic E-state index is 0.0368. The maximum absolute atomic E-state index is 15.9. The van der Waals surface area contributed by atoms with Gasteiger partial charge in [0.15, 0.2) is 23.8 Å². The maximum atomic E-state index is 15.9. The number of hydrogen-bond donors (Lipinski definition) is 7. The molecule has 66 heavy (non-hydrogen) atoms. The Morgan fingerprint density at radius 1 is 0.909 bits per heavy atom. The van der Waals surface area contributed by atoms with Crippen molar-refractivity contribution in [3.8, 4) is 0 Å². The molecule has 2 bridgehead atoms. The highest BCUT2D eigenvalue weighted by atomic mass is 16.7. The quantitative estimate of drug-likeness (QED) is 0.0724. The third kappa shape index (κ3) is 8.09. The summed E-state index contributed by atoms with van der Waals surface area (Å²) in [6, 6.07) is 14.6. The van der Waals surface area contributed by atoms with Crippen LogP contribution in [0.15, 0.2) is 83.5 Å². The molecule has 2 aromatic carbocycles. The SMILES string of the molecule is C/C=C(\C)C(=O)NC(c1ccccc1)[C@@H](O)C(=O)O[C@H]1C[C@@]2(O)[C@@H](OC(=O)c3ccccc3)[C@@H]3[C@]4(OC(C)=O)CO[C@@H]4C[C@H](O)[C@@]3(C)C(=O)[C@H](OC3OC[C@@H](O)[C@H](O)[C@H]3O)C(=C1C)C2(C)C. The number of carbonyl (C=O) groups is 5. The number of aliphatic hydroxyl groups is 6. The van der Waals surface area contributed by atoms with Crippen LogP contribution in [0.5, 0.6) is 0 Å². The van der Waals surface area contributed by atoms with Gasteiger partial charge in [-0.25, -0.2) is 9.59 Å². The van der Waals surface area contributed by atoms with Gasteiger partial charge in [0.25, 0.3) is 0 Å². The third-order valence-electron chi connectivity index (χ3n) is 14.7. The molecule has 15 atom stereocenters. The Morgan fingerprint density at radius 3 is 2.14 bits per heavy atom. The normalized spacial score (nSPS) is 37.0. The van der Waals surface area contributed by atoms with Gasteiger partial charge < -0.3 is 64.4 Å². The molecule has 18 nitrogen and oxygen atoms in total. The smallest absolute Gasteiger partial charge is 0.338 e. The van der Waals surface area contributed by atoms with Gasteiger partial charge in [0.2, 0.25) is 5.91 Å². The molecule has 7 rings (SSSR count). The molecule has 2 saturated carbocycles. The minimum Gasteiger partial charge on any atom is -0.456 e. The number of ether oxygens (including phenoxy) is 6. The van der Waals surface area contributed by atoms with Gasteiger partial charge in [-0.15, -0.1) is 0 Å². The first-order valence-electron chi connectivity index (χ1n) is 22.0. The maximum Gasteiger partial charge on any atom is 0.338 e. The molecule has 2 heterocycles. The highest BCUT2D eigenvalue weighted by Crippen LogP contribution is 2.64. The van der Waals surface area contributed by atoms with Gasteiger partial charge in [0, 0.05) is 30.8 Å². The average molecular weight is 922 g/mol. The second kappa shape index (κ2) is 18.3. The van der Waals surface area contributed by atoms with E-state index in [0.717, 1.165) is 6.92 Å². The number of aliphatic hydroxyl groups excluding tert-OH is 5. The lowest BCUT2D eigenvalue weighted by atomic mass is 9.44. The summed E-state index contributed by atoms with van der Waals surface area (Å²) in [4.78, 5) is 71.0. The summed E-state index contributed by atoms with van der Waals surface area (Å²) in [5.41, 5.74) is -7.52. The molecule has 7 N–H and O–H groups in total. The second-order valence-corrected chi connectivity index (χ2v) is 18.7. The van der Waals surface area contributed by atoms with Crippen molar-refractivity contribution >= 4 is 29.6 Å². The zero-order valence-electron chi connectivity index (χ0n) is 37.8. The molecular weight excluding hydrogens is 863 g/mol. The Bertz CT molecular complexity index is 2270. The van der Waals surface area contributed by atoms with E-state index in [0.29, 0.717) is 11.1 Å². The summed E-state index contributed by atoms with van der Waals surface area (Å²) in [6.07, 6.45) is -16.6. The van der Waals surface area contributed by atoms with Crippen LogP contribution in [0.2, 0.25) is 0 Å². The van der Waals surface area contributed by atoms with Gasteiger partial charge in [-0.2, -0.15) is 0 Å². The largest absolute Gasteiger partial charge is 0.456 e. The zero-order chi connectivity index (χ0) is 48.3. The van der Waals surface area contributed by atoms with E-state index < -0.39 is 138 Å². The van der Waals surface area contributed by atoms with Crippen molar-refractivity contribution < 1.29 is 83.0 Å². The Hall–Kier alpha value is -4.89. The highest BCUT2D eigenvalue weighted by molar-refractivity contribution is 5.95. The fourth-order valence-corrected chi connectivity index (χ4v) is 10.6. The van der Waals surface area contributed by atoms with E-state index in [1.165, 1.54) is 39.8 Å². The predicted molar refractivity (Wildman–Crippen MR) is 228 cm³/mol. The number of ketones is 1. The first-order valence-corrected chi connectivity index (χ1v) is 22.0. The lowest BCUT2D eigenvalue weighted by molar-refractivity contribution is -0.348. The summed E-state index contributed by atoms with van der Waals surface area (Å²) in [6.45, 7) is 9.35. The van der Waals surface area contributed by atoms with Crippen LogP contribution in [-0.4, -0.2) is 146 Å². The third-order valence-corrected chi connectivity index (χ3v) is 14.7. The fourth-order valence-electron chi connectivity index (χ4n) is 10.6. The minimum atomic E-state index is -2.47. The predicted octanol–water partition coefficient (Wildman–Crippen LogP) is 1.28.